The number of nitrogens with zero attached hydrogens (tertiary/aromatic N) is 1. The summed E-state index contributed by atoms with van der Waals surface area (Å²) in [7, 11) is 0. The van der Waals surface area contributed by atoms with Gasteiger partial charge in [0.25, 0.3) is 0 Å². The number of carbonyl (C=O) groups excluding carboxylic acids is 2. The summed E-state index contributed by atoms with van der Waals surface area (Å²) < 4.78 is 17.5. The minimum Gasteiger partial charge on any atom is -0.490 e. The molecule has 1 aliphatic heterocycles. The van der Waals surface area contributed by atoms with Crippen molar-refractivity contribution in [2.75, 3.05) is 13.2 Å². The van der Waals surface area contributed by atoms with Crippen molar-refractivity contribution < 1.29 is 23.8 Å². The van der Waals surface area contributed by atoms with Gasteiger partial charge in [-0.25, -0.2) is 4.98 Å². The van der Waals surface area contributed by atoms with Crippen molar-refractivity contribution in [3.8, 4) is 11.5 Å². The van der Waals surface area contributed by atoms with Crippen LogP contribution in [0.5, 0.6) is 11.5 Å². The van der Waals surface area contributed by atoms with Crippen LogP contribution in [0.4, 0.5) is 0 Å². The SMILES string of the molecule is O=C(CCC(=O)c1ccc2c(c1)OCCCO2)OCc1nc2ccccc2s1. The van der Waals surface area contributed by atoms with E-state index in [1.165, 1.54) is 11.3 Å². The second-order valence-corrected chi connectivity index (χ2v) is 7.49. The fourth-order valence-electron chi connectivity index (χ4n) is 2.89. The summed E-state index contributed by atoms with van der Waals surface area (Å²) in [5.74, 6) is 0.667. The third-order valence-corrected chi connectivity index (χ3v) is 5.33. The third-order valence-electron chi connectivity index (χ3n) is 4.32. The van der Waals surface area contributed by atoms with Crippen LogP contribution in [0.2, 0.25) is 0 Å². The van der Waals surface area contributed by atoms with Gasteiger partial charge in [0.2, 0.25) is 0 Å². The molecule has 0 amide bonds. The van der Waals surface area contributed by atoms with Crippen LogP contribution in [0.15, 0.2) is 42.5 Å². The average Bonchev–Trinajstić information content (AvgIpc) is 2.99. The Balaban J connectivity index is 1.29. The number of Topliss-reactive ketones (excluding diaryl/α,β-unsaturated/α-hetero) is 1. The van der Waals surface area contributed by atoms with Gasteiger partial charge in [-0.15, -0.1) is 11.3 Å². The lowest BCUT2D eigenvalue weighted by atomic mass is 10.1. The Hall–Kier alpha value is -2.93. The fraction of sp³-hybridized carbons (Fsp3) is 0.286. The Bertz CT molecular complexity index is 980. The maximum Gasteiger partial charge on any atom is 0.306 e. The molecule has 0 saturated carbocycles. The van der Waals surface area contributed by atoms with E-state index in [-0.39, 0.29) is 25.2 Å². The molecule has 4 rings (SSSR count). The van der Waals surface area contributed by atoms with Crippen LogP contribution in [0.3, 0.4) is 0 Å². The lowest BCUT2D eigenvalue weighted by Gasteiger charge is -2.09. The number of ketones is 1. The van der Waals surface area contributed by atoms with Gasteiger partial charge in [0, 0.05) is 18.4 Å². The highest BCUT2D eigenvalue weighted by molar-refractivity contribution is 7.18. The molecule has 0 N–H and O–H groups in total. The Labute approximate surface area is 166 Å². The Morgan fingerprint density at radius 3 is 2.71 bits per heavy atom. The lowest BCUT2D eigenvalue weighted by molar-refractivity contribution is -0.144. The monoisotopic (exact) mass is 397 g/mol. The van der Waals surface area contributed by atoms with Gasteiger partial charge in [0.05, 0.1) is 29.9 Å². The first kappa shape index (κ1) is 18.4. The van der Waals surface area contributed by atoms with Crippen molar-refractivity contribution in [1.29, 1.82) is 0 Å². The normalized spacial score (nSPS) is 13.1. The van der Waals surface area contributed by atoms with Gasteiger partial charge in [0.1, 0.15) is 11.6 Å². The minimum atomic E-state index is -0.415. The molecule has 0 aliphatic carbocycles. The topological polar surface area (TPSA) is 74.7 Å². The summed E-state index contributed by atoms with van der Waals surface area (Å²) in [6, 6.07) is 12.9. The molecule has 1 aliphatic rings. The van der Waals surface area contributed by atoms with Crippen molar-refractivity contribution in [2.45, 2.75) is 25.9 Å². The number of ether oxygens (including phenoxy) is 3. The zero-order chi connectivity index (χ0) is 19.3. The van der Waals surface area contributed by atoms with Gasteiger partial charge in [-0.3, -0.25) is 9.59 Å². The summed E-state index contributed by atoms with van der Waals surface area (Å²) in [5.41, 5.74) is 1.39. The molecule has 2 aromatic carbocycles. The number of hydrogen-bond acceptors (Lipinski definition) is 7. The van der Waals surface area contributed by atoms with E-state index >= 15 is 0 Å². The number of benzene rings is 2. The molecule has 0 radical (unpaired) electrons. The van der Waals surface area contributed by atoms with Gasteiger partial charge < -0.3 is 14.2 Å². The highest BCUT2D eigenvalue weighted by atomic mass is 32.1. The van der Waals surface area contributed by atoms with Crippen LogP contribution in [-0.4, -0.2) is 30.0 Å². The Morgan fingerprint density at radius 2 is 1.86 bits per heavy atom. The molecule has 0 spiro atoms. The Morgan fingerprint density at radius 1 is 1.04 bits per heavy atom. The summed E-state index contributed by atoms with van der Waals surface area (Å²) >= 11 is 1.49. The van der Waals surface area contributed by atoms with E-state index in [0.717, 1.165) is 21.6 Å². The Kier molecular flexibility index (Phi) is 5.53. The molecule has 0 unspecified atom stereocenters. The maximum atomic E-state index is 12.4. The number of rotatable bonds is 6. The molecule has 0 bridgehead atoms. The lowest BCUT2D eigenvalue weighted by Crippen LogP contribution is -2.08. The maximum absolute atomic E-state index is 12.4. The van der Waals surface area contributed by atoms with Crippen LogP contribution in [0.1, 0.15) is 34.6 Å². The fourth-order valence-corrected chi connectivity index (χ4v) is 3.77. The van der Waals surface area contributed by atoms with Crippen LogP contribution in [0, 0.1) is 0 Å². The van der Waals surface area contributed by atoms with E-state index in [1.54, 1.807) is 18.2 Å². The molecule has 0 saturated heterocycles. The van der Waals surface area contributed by atoms with Crippen LogP contribution < -0.4 is 9.47 Å². The van der Waals surface area contributed by atoms with Crippen molar-refractivity contribution in [3.63, 3.8) is 0 Å². The predicted molar refractivity (Wildman–Crippen MR) is 105 cm³/mol. The summed E-state index contributed by atoms with van der Waals surface area (Å²) in [6.07, 6.45) is 0.912. The van der Waals surface area contributed by atoms with Gasteiger partial charge in [0.15, 0.2) is 17.3 Å². The molecule has 7 heteroatoms. The number of hydrogen-bond donors (Lipinski definition) is 0. The van der Waals surface area contributed by atoms with E-state index < -0.39 is 5.97 Å². The van der Waals surface area contributed by atoms with Crippen molar-refractivity contribution >= 4 is 33.3 Å². The van der Waals surface area contributed by atoms with E-state index in [2.05, 4.69) is 4.98 Å². The highest BCUT2D eigenvalue weighted by Gasteiger charge is 2.16. The third kappa shape index (κ3) is 4.31. The average molecular weight is 397 g/mol. The number of carbonyl (C=O) groups is 2. The standard InChI is InChI=1S/C21H19NO5S/c23-16(14-6-8-17-18(12-14)26-11-3-10-25-17)7-9-21(24)27-13-20-22-15-4-1-2-5-19(15)28-20/h1-2,4-6,8,12H,3,7,9-11,13H2. The van der Waals surface area contributed by atoms with E-state index in [0.29, 0.717) is 30.3 Å². The second kappa shape index (κ2) is 8.39. The molecule has 1 aromatic heterocycles. The minimum absolute atomic E-state index is 0.0260. The number of thiazole rings is 1. The van der Waals surface area contributed by atoms with Gasteiger partial charge in [-0.2, -0.15) is 0 Å². The first-order valence-corrected chi connectivity index (χ1v) is 9.93. The largest absolute Gasteiger partial charge is 0.490 e. The first-order valence-electron chi connectivity index (χ1n) is 9.12. The molecule has 0 fully saturated rings. The zero-order valence-corrected chi connectivity index (χ0v) is 16.0. The number of esters is 1. The quantitative estimate of drug-likeness (QED) is 0.459. The number of para-hydroxylation sites is 1. The van der Waals surface area contributed by atoms with E-state index in [1.807, 2.05) is 24.3 Å². The molecule has 6 nitrogen and oxygen atoms in total. The van der Waals surface area contributed by atoms with Crippen LogP contribution >= 0.6 is 11.3 Å². The van der Waals surface area contributed by atoms with E-state index in [9.17, 15) is 9.59 Å². The molecule has 144 valence electrons. The predicted octanol–water partition coefficient (Wildman–Crippen LogP) is 4.16. The molecule has 3 aromatic rings. The van der Waals surface area contributed by atoms with Crippen molar-refractivity contribution in [1.82, 2.24) is 4.98 Å². The molecule has 28 heavy (non-hydrogen) atoms. The van der Waals surface area contributed by atoms with Gasteiger partial charge in [-0.05, 0) is 30.3 Å². The molecular weight excluding hydrogens is 378 g/mol. The number of fused-ring (bicyclic) bond motifs is 2. The summed E-state index contributed by atoms with van der Waals surface area (Å²) in [6.45, 7) is 1.28. The first-order chi connectivity index (χ1) is 13.7. The van der Waals surface area contributed by atoms with Gasteiger partial charge >= 0.3 is 5.97 Å². The summed E-state index contributed by atoms with van der Waals surface area (Å²) in [5, 5.41) is 0.740. The van der Waals surface area contributed by atoms with Crippen LogP contribution in [0.25, 0.3) is 10.2 Å². The second-order valence-electron chi connectivity index (χ2n) is 6.37. The highest BCUT2D eigenvalue weighted by Crippen LogP contribution is 2.31. The zero-order valence-electron chi connectivity index (χ0n) is 15.2. The summed E-state index contributed by atoms with van der Waals surface area (Å²) in [4.78, 5) is 28.8. The molecular formula is C21H19NO5S. The van der Waals surface area contributed by atoms with Crippen LogP contribution in [-0.2, 0) is 16.1 Å². The molecule has 0 atom stereocenters. The smallest absolute Gasteiger partial charge is 0.306 e. The van der Waals surface area contributed by atoms with E-state index in [4.69, 9.17) is 14.2 Å². The number of aromatic nitrogens is 1. The molecule has 2 heterocycles. The van der Waals surface area contributed by atoms with Gasteiger partial charge in [-0.1, -0.05) is 12.1 Å². The van der Waals surface area contributed by atoms with Crippen molar-refractivity contribution in [2.24, 2.45) is 0 Å². The van der Waals surface area contributed by atoms with Crippen molar-refractivity contribution in [3.05, 3.63) is 53.0 Å².